The SMILES string of the molecule is Cc1ccc(-c2ccc3c(c2)c2ccccc2n3C2=CCC(C)C=C2)cc1. The molecule has 1 heterocycles. The van der Waals surface area contributed by atoms with Crippen LogP contribution in [0.4, 0.5) is 0 Å². The van der Waals surface area contributed by atoms with Gasteiger partial charge in [0.15, 0.2) is 0 Å². The zero-order valence-electron chi connectivity index (χ0n) is 15.8. The summed E-state index contributed by atoms with van der Waals surface area (Å²) in [5, 5.41) is 2.63. The zero-order valence-corrected chi connectivity index (χ0v) is 15.8. The molecule has 1 atom stereocenters. The zero-order chi connectivity index (χ0) is 18.4. The highest BCUT2D eigenvalue weighted by atomic mass is 15.0. The van der Waals surface area contributed by atoms with E-state index in [2.05, 4.69) is 103 Å². The molecule has 0 saturated carbocycles. The van der Waals surface area contributed by atoms with Crippen LogP contribution in [0.25, 0.3) is 38.6 Å². The van der Waals surface area contributed by atoms with Crippen molar-refractivity contribution in [1.29, 1.82) is 0 Å². The average molecular weight is 349 g/mol. The summed E-state index contributed by atoms with van der Waals surface area (Å²) in [5.74, 6) is 0.620. The quantitative estimate of drug-likeness (QED) is 0.360. The molecule has 1 aromatic heterocycles. The third-order valence-electron chi connectivity index (χ3n) is 5.61. The number of nitrogens with zero attached hydrogens (tertiary/aromatic N) is 1. The van der Waals surface area contributed by atoms with Gasteiger partial charge in [-0.25, -0.2) is 0 Å². The summed E-state index contributed by atoms with van der Waals surface area (Å²) in [6, 6.07) is 24.4. The number of hydrogen-bond donors (Lipinski definition) is 0. The van der Waals surface area contributed by atoms with Crippen LogP contribution in [0.15, 0.2) is 85.0 Å². The van der Waals surface area contributed by atoms with Crippen molar-refractivity contribution in [2.45, 2.75) is 20.3 Å². The summed E-state index contributed by atoms with van der Waals surface area (Å²) < 4.78 is 2.41. The Balaban J connectivity index is 1.76. The van der Waals surface area contributed by atoms with E-state index < -0.39 is 0 Å². The molecule has 0 bridgehead atoms. The summed E-state index contributed by atoms with van der Waals surface area (Å²) in [5.41, 5.74) is 7.66. The average Bonchev–Trinajstić information content (AvgIpc) is 3.03. The Kier molecular flexibility index (Phi) is 3.75. The van der Waals surface area contributed by atoms with Gasteiger partial charge in [0.05, 0.1) is 11.0 Å². The molecule has 1 aliphatic rings. The maximum Gasteiger partial charge on any atom is 0.0541 e. The Bertz CT molecular complexity index is 1200. The summed E-state index contributed by atoms with van der Waals surface area (Å²) in [4.78, 5) is 0. The smallest absolute Gasteiger partial charge is 0.0541 e. The third kappa shape index (κ3) is 2.71. The van der Waals surface area contributed by atoms with Crippen LogP contribution in [-0.4, -0.2) is 4.57 Å². The lowest BCUT2D eigenvalue weighted by Crippen LogP contribution is -2.00. The third-order valence-corrected chi connectivity index (χ3v) is 5.61. The van der Waals surface area contributed by atoms with Crippen molar-refractivity contribution < 1.29 is 0 Å². The number of hydrogen-bond acceptors (Lipinski definition) is 0. The summed E-state index contributed by atoms with van der Waals surface area (Å²) in [6.45, 7) is 4.40. The highest BCUT2D eigenvalue weighted by Gasteiger charge is 2.15. The molecule has 1 heteroatoms. The Morgan fingerprint density at radius 3 is 2.33 bits per heavy atom. The van der Waals surface area contributed by atoms with Crippen LogP contribution in [0.2, 0.25) is 0 Å². The minimum absolute atomic E-state index is 0.620. The molecule has 0 spiro atoms. The van der Waals surface area contributed by atoms with E-state index in [1.54, 1.807) is 0 Å². The molecular weight excluding hydrogens is 326 g/mol. The van der Waals surface area contributed by atoms with Crippen LogP contribution >= 0.6 is 0 Å². The topological polar surface area (TPSA) is 4.93 Å². The molecule has 4 aromatic rings. The molecule has 0 saturated heterocycles. The summed E-state index contributed by atoms with van der Waals surface area (Å²) >= 11 is 0. The second-order valence-electron chi connectivity index (χ2n) is 7.65. The van der Waals surface area contributed by atoms with Crippen LogP contribution in [-0.2, 0) is 0 Å². The van der Waals surface area contributed by atoms with Crippen molar-refractivity contribution in [3.8, 4) is 11.1 Å². The van der Waals surface area contributed by atoms with E-state index in [-0.39, 0.29) is 0 Å². The van der Waals surface area contributed by atoms with Gasteiger partial charge < -0.3 is 4.57 Å². The van der Waals surface area contributed by atoms with Crippen LogP contribution in [0.1, 0.15) is 18.9 Å². The molecule has 5 rings (SSSR count). The van der Waals surface area contributed by atoms with Gasteiger partial charge >= 0.3 is 0 Å². The van der Waals surface area contributed by atoms with Crippen molar-refractivity contribution in [1.82, 2.24) is 4.57 Å². The van der Waals surface area contributed by atoms with Gasteiger partial charge in [-0.3, -0.25) is 0 Å². The van der Waals surface area contributed by atoms with Gasteiger partial charge in [0.2, 0.25) is 0 Å². The second kappa shape index (κ2) is 6.28. The lowest BCUT2D eigenvalue weighted by atomic mass is 10.0. The number of aromatic nitrogens is 1. The van der Waals surface area contributed by atoms with Gasteiger partial charge in [-0.05, 0) is 54.7 Å². The molecule has 0 fully saturated rings. The number of benzene rings is 3. The predicted molar refractivity (Wildman–Crippen MR) is 117 cm³/mol. The van der Waals surface area contributed by atoms with Crippen molar-refractivity contribution in [3.63, 3.8) is 0 Å². The first-order valence-corrected chi connectivity index (χ1v) is 9.70. The molecule has 1 nitrogen and oxygen atoms in total. The molecule has 3 aromatic carbocycles. The fraction of sp³-hybridized carbons (Fsp3) is 0.154. The Hall–Kier alpha value is -3.06. The number of aryl methyl sites for hydroxylation is 1. The molecule has 0 N–H and O–H groups in total. The number of para-hydroxylation sites is 1. The monoisotopic (exact) mass is 349 g/mol. The number of fused-ring (bicyclic) bond motifs is 3. The Morgan fingerprint density at radius 1 is 0.815 bits per heavy atom. The molecule has 132 valence electrons. The number of rotatable bonds is 2. The minimum atomic E-state index is 0.620. The van der Waals surface area contributed by atoms with E-state index in [1.165, 1.54) is 44.2 Å². The van der Waals surface area contributed by atoms with Crippen LogP contribution < -0.4 is 0 Å². The highest BCUT2D eigenvalue weighted by molar-refractivity contribution is 6.11. The lowest BCUT2D eigenvalue weighted by molar-refractivity contribution is 0.735. The molecule has 1 unspecified atom stereocenters. The van der Waals surface area contributed by atoms with Gasteiger partial charge in [-0.1, -0.05) is 73.2 Å². The van der Waals surface area contributed by atoms with E-state index in [1.807, 2.05) is 0 Å². The van der Waals surface area contributed by atoms with Crippen molar-refractivity contribution in [2.75, 3.05) is 0 Å². The van der Waals surface area contributed by atoms with Gasteiger partial charge in [0.1, 0.15) is 0 Å². The normalized spacial score (nSPS) is 16.8. The first kappa shape index (κ1) is 16.1. The fourth-order valence-electron chi connectivity index (χ4n) is 4.06. The minimum Gasteiger partial charge on any atom is -0.310 e. The van der Waals surface area contributed by atoms with Crippen molar-refractivity contribution in [2.24, 2.45) is 5.92 Å². The Labute approximate surface area is 160 Å². The van der Waals surface area contributed by atoms with Gasteiger partial charge in [0, 0.05) is 16.5 Å². The van der Waals surface area contributed by atoms with E-state index in [4.69, 9.17) is 0 Å². The van der Waals surface area contributed by atoms with Crippen LogP contribution in [0, 0.1) is 12.8 Å². The summed E-state index contributed by atoms with van der Waals surface area (Å²) in [6.07, 6.45) is 8.05. The van der Waals surface area contributed by atoms with Crippen molar-refractivity contribution in [3.05, 3.63) is 90.5 Å². The predicted octanol–water partition coefficient (Wildman–Crippen LogP) is 7.21. The van der Waals surface area contributed by atoms with Crippen LogP contribution in [0.5, 0.6) is 0 Å². The maximum atomic E-state index is 2.41. The lowest BCUT2D eigenvalue weighted by Gasteiger charge is -2.15. The molecule has 1 aliphatic carbocycles. The molecule has 0 aliphatic heterocycles. The molecule has 0 amide bonds. The van der Waals surface area contributed by atoms with E-state index >= 15 is 0 Å². The Morgan fingerprint density at radius 2 is 1.56 bits per heavy atom. The number of allylic oxidation sites excluding steroid dienone is 4. The fourth-order valence-corrected chi connectivity index (χ4v) is 4.06. The summed E-state index contributed by atoms with van der Waals surface area (Å²) in [7, 11) is 0. The molecule has 0 radical (unpaired) electrons. The highest BCUT2D eigenvalue weighted by Crippen LogP contribution is 2.36. The molecule has 27 heavy (non-hydrogen) atoms. The van der Waals surface area contributed by atoms with E-state index in [0.717, 1.165) is 6.42 Å². The van der Waals surface area contributed by atoms with Crippen LogP contribution in [0.3, 0.4) is 0 Å². The standard InChI is InChI=1S/C26H23N/c1-18-7-11-20(12-8-18)21-13-16-26-24(17-21)23-5-3-4-6-25(23)27(26)22-14-9-19(2)10-15-22/h3-9,11-17,19H,10H2,1-2H3. The van der Waals surface area contributed by atoms with E-state index in [0.29, 0.717) is 5.92 Å². The van der Waals surface area contributed by atoms with E-state index in [9.17, 15) is 0 Å². The molecular formula is C26H23N. The first-order valence-electron chi connectivity index (χ1n) is 9.70. The largest absolute Gasteiger partial charge is 0.310 e. The van der Waals surface area contributed by atoms with Gasteiger partial charge in [0.25, 0.3) is 0 Å². The second-order valence-corrected chi connectivity index (χ2v) is 7.65. The van der Waals surface area contributed by atoms with Crippen molar-refractivity contribution >= 4 is 27.5 Å². The maximum absolute atomic E-state index is 2.41. The van der Waals surface area contributed by atoms with Gasteiger partial charge in [-0.2, -0.15) is 0 Å². The van der Waals surface area contributed by atoms with Gasteiger partial charge in [-0.15, -0.1) is 0 Å². The first-order chi connectivity index (χ1) is 13.2.